The first kappa shape index (κ1) is 10.3. The SMILES string of the molecule is Clc1cccc(CNCc2ccco2)c1. The lowest BCUT2D eigenvalue weighted by molar-refractivity contribution is 0.483. The number of nitrogens with one attached hydrogen (secondary N) is 1. The summed E-state index contributed by atoms with van der Waals surface area (Å²) < 4.78 is 5.21. The van der Waals surface area contributed by atoms with Gasteiger partial charge in [-0.25, -0.2) is 0 Å². The maximum atomic E-state index is 5.88. The van der Waals surface area contributed by atoms with E-state index in [0.717, 1.165) is 23.9 Å². The number of benzene rings is 1. The van der Waals surface area contributed by atoms with Gasteiger partial charge in [-0.2, -0.15) is 0 Å². The lowest BCUT2D eigenvalue weighted by atomic mass is 10.2. The van der Waals surface area contributed by atoms with Crippen LogP contribution in [0.3, 0.4) is 0 Å². The molecule has 0 unspecified atom stereocenters. The van der Waals surface area contributed by atoms with E-state index in [1.807, 2.05) is 36.4 Å². The summed E-state index contributed by atoms with van der Waals surface area (Å²) in [6, 6.07) is 11.7. The van der Waals surface area contributed by atoms with Gasteiger partial charge in [0.2, 0.25) is 0 Å². The average molecular weight is 222 g/mol. The molecule has 0 aliphatic rings. The topological polar surface area (TPSA) is 25.2 Å². The standard InChI is InChI=1S/C12H12ClNO/c13-11-4-1-3-10(7-11)8-14-9-12-5-2-6-15-12/h1-7,14H,8-9H2. The summed E-state index contributed by atoms with van der Waals surface area (Å²) in [6.07, 6.45) is 1.68. The van der Waals surface area contributed by atoms with Crippen LogP contribution in [0.25, 0.3) is 0 Å². The summed E-state index contributed by atoms with van der Waals surface area (Å²) in [4.78, 5) is 0. The molecule has 78 valence electrons. The molecule has 0 aliphatic carbocycles. The van der Waals surface area contributed by atoms with Gasteiger partial charge in [0.1, 0.15) is 5.76 Å². The van der Waals surface area contributed by atoms with Gasteiger partial charge < -0.3 is 9.73 Å². The first-order valence-electron chi connectivity index (χ1n) is 4.82. The Morgan fingerprint density at radius 3 is 2.80 bits per heavy atom. The number of hydrogen-bond acceptors (Lipinski definition) is 2. The van der Waals surface area contributed by atoms with E-state index in [2.05, 4.69) is 5.32 Å². The minimum absolute atomic E-state index is 0.736. The van der Waals surface area contributed by atoms with Crippen molar-refractivity contribution in [1.82, 2.24) is 5.32 Å². The van der Waals surface area contributed by atoms with Crippen molar-refractivity contribution in [1.29, 1.82) is 0 Å². The molecule has 0 fully saturated rings. The molecule has 0 aliphatic heterocycles. The number of rotatable bonds is 4. The van der Waals surface area contributed by atoms with Crippen LogP contribution in [0.1, 0.15) is 11.3 Å². The van der Waals surface area contributed by atoms with Crippen molar-refractivity contribution in [3.05, 3.63) is 59.0 Å². The molecule has 1 aromatic heterocycles. The van der Waals surface area contributed by atoms with Crippen LogP contribution in [0.2, 0.25) is 5.02 Å². The summed E-state index contributed by atoms with van der Waals surface area (Å²) in [5.41, 5.74) is 1.18. The Balaban J connectivity index is 1.83. The van der Waals surface area contributed by atoms with Crippen LogP contribution in [0.5, 0.6) is 0 Å². The molecule has 2 nitrogen and oxygen atoms in total. The van der Waals surface area contributed by atoms with Gasteiger partial charge in [-0.05, 0) is 29.8 Å². The van der Waals surface area contributed by atoms with E-state index in [4.69, 9.17) is 16.0 Å². The minimum Gasteiger partial charge on any atom is -0.468 e. The fourth-order valence-electron chi connectivity index (χ4n) is 1.39. The van der Waals surface area contributed by atoms with Crippen molar-refractivity contribution in [2.45, 2.75) is 13.1 Å². The Morgan fingerprint density at radius 2 is 2.07 bits per heavy atom. The Labute approximate surface area is 93.9 Å². The van der Waals surface area contributed by atoms with Crippen molar-refractivity contribution in [3.63, 3.8) is 0 Å². The number of furan rings is 1. The molecule has 1 heterocycles. The summed E-state index contributed by atoms with van der Waals surface area (Å²) in [5, 5.41) is 4.05. The highest BCUT2D eigenvalue weighted by molar-refractivity contribution is 6.30. The third-order valence-electron chi connectivity index (χ3n) is 2.10. The van der Waals surface area contributed by atoms with Crippen molar-refractivity contribution >= 4 is 11.6 Å². The molecule has 0 saturated carbocycles. The van der Waals surface area contributed by atoms with Crippen molar-refractivity contribution in [2.24, 2.45) is 0 Å². The molecule has 0 atom stereocenters. The van der Waals surface area contributed by atoms with Gasteiger partial charge >= 0.3 is 0 Å². The lowest BCUT2D eigenvalue weighted by Crippen LogP contribution is -2.11. The third kappa shape index (κ3) is 3.11. The molecule has 0 radical (unpaired) electrons. The van der Waals surface area contributed by atoms with Gasteiger partial charge in [0.15, 0.2) is 0 Å². The van der Waals surface area contributed by atoms with Crippen LogP contribution in [0.4, 0.5) is 0 Å². The molecule has 2 aromatic rings. The van der Waals surface area contributed by atoms with Gasteiger partial charge in [-0.1, -0.05) is 23.7 Å². The molecule has 0 amide bonds. The van der Waals surface area contributed by atoms with Crippen molar-refractivity contribution in [3.8, 4) is 0 Å². The van der Waals surface area contributed by atoms with E-state index in [1.165, 1.54) is 5.56 Å². The van der Waals surface area contributed by atoms with E-state index in [0.29, 0.717) is 0 Å². The van der Waals surface area contributed by atoms with E-state index < -0.39 is 0 Å². The average Bonchev–Trinajstić information content (AvgIpc) is 2.71. The summed E-state index contributed by atoms with van der Waals surface area (Å²) >= 11 is 5.88. The first-order chi connectivity index (χ1) is 7.34. The fraction of sp³-hybridized carbons (Fsp3) is 0.167. The maximum absolute atomic E-state index is 5.88. The second-order valence-corrected chi connectivity index (χ2v) is 3.75. The van der Waals surface area contributed by atoms with Crippen LogP contribution in [0, 0.1) is 0 Å². The first-order valence-corrected chi connectivity index (χ1v) is 5.20. The Morgan fingerprint density at radius 1 is 1.13 bits per heavy atom. The highest BCUT2D eigenvalue weighted by Crippen LogP contribution is 2.10. The maximum Gasteiger partial charge on any atom is 0.117 e. The molecule has 0 spiro atoms. The number of hydrogen-bond donors (Lipinski definition) is 1. The molecule has 0 bridgehead atoms. The third-order valence-corrected chi connectivity index (χ3v) is 2.33. The van der Waals surface area contributed by atoms with Crippen molar-refractivity contribution in [2.75, 3.05) is 0 Å². The van der Waals surface area contributed by atoms with Gasteiger partial charge in [0.25, 0.3) is 0 Å². The Bertz CT molecular complexity index is 411. The highest BCUT2D eigenvalue weighted by Gasteiger charge is 1.96. The molecule has 2 rings (SSSR count). The second kappa shape index (κ2) is 5.01. The van der Waals surface area contributed by atoms with Crippen LogP contribution < -0.4 is 5.32 Å². The molecule has 1 aromatic carbocycles. The summed E-state index contributed by atoms with van der Waals surface area (Å²) in [6.45, 7) is 1.53. The summed E-state index contributed by atoms with van der Waals surface area (Å²) in [7, 11) is 0. The highest BCUT2D eigenvalue weighted by atomic mass is 35.5. The Kier molecular flexibility index (Phi) is 3.43. The van der Waals surface area contributed by atoms with Gasteiger partial charge in [-0.15, -0.1) is 0 Å². The van der Waals surface area contributed by atoms with Crippen LogP contribution in [-0.2, 0) is 13.1 Å². The molecule has 15 heavy (non-hydrogen) atoms. The molecule has 1 N–H and O–H groups in total. The normalized spacial score (nSPS) is 10.5. The second-order valence-electron chi connectivity index (χ2n) is 3.31. The van der Waals surface area contributed by atoms with Crippen LogP contribution in [0.15, 0.2) is 47.1 Å². The predicted molar refractivity (Wildman–Crippen MR) is 60.7 cm³/mol. The number of halogens is 1. The predicted octanol–water partition coefficient (Wildman–Crippen LogP) is 3.22. The van der Waals surface area contributed by atoms with Crippen molar-refractivity contribution < 1.29 is 4.42 Å². The zero-order valence-corrected chi connectivity index (χ0v) is 9.00. The largest absolute Gasteiger partial charge is 0.468 e. The minimum atomic E-state index is 0.736. The summed E-state index contributed by atoms with van der Waals surface area (Å²) in [5.74, 6) is 0.942. The van der Waals surface area contributed by atoms with Crippen LogP contribution in [-0.4, -0.2) is 0 Å². The van der Waals surface area contributed by atoms with E-state index >= 15 is 0 Å². The molecular formula is C12H12ClNO. The van der Waals surface area contributed by atoms with Gasteiger partial charge in [0, 0.05) is 11.6 Å². The van der Waals surface area contributed by atoms with Crippen LogP contribution >= 0.6 is 11.6 Å². The van der Waals surface area contributed by atoms with E-state index in [1.54, 1.807) is 6.26 Å². The zero-order chi connectivity index (χ0) is 10.5. The smallest absolute Gasteiger partial charge is 0.117 e. The van der Waals surface area contributed by atoms with Gasteiger partial charge in [0.05, 0.1) is 12.8 Å². The van der Waals surface area contributed by atoms with Gasteiger partial charge in [-0.3, -0.25) is 0 Å². The molecule has 3 heteroatoms. The molecular weight excluding hydrogens is 210 g/mol. The zero-order valence-electron chi connectivity index (χ0n) is 8.24. The lowest BCUT2D eigenvalue weighted by Gasteiger charge is -2.03. The quantitative estimate of drug-likeness (QED) is 0.858. The molecule has 0 saturated heterocycles. The fourth-order valence-corrected chi connectivity index (χ4v) is 1.60. The van der Waals surface area contributed by atoms with E-state index in [9.17, 15) is 0 Å². The monoisotopic (exact) mass is 221 g/mol. The van der Waals surface area contributed by atoms with E-state index in [-0.39, 0.29) is 0 Å². The Hall–Kier alpha value is -1.25.